The Morgan fingerprint density at radius 3 is 2.75 bits per heavy atom. The number of imidazole rings is 1. The van der Waals surface area contributed by atoms with Crippen LogP contribution in [-0.2, 0) is 4.74 Å². The van der Waals surface area contributed by atoms with Crippen molar-refractivity contribution >= 4 is 23.4 Å². The highest BCUT2D eigenvalue weighted by molar-refractivity contribution is 5.89. The molecule has 24 heavy (non-hydrogen) atoms. The summed E-state index contributed by atoms with van der Waals surface area (Å²) in [4.78, 5) is 24.1. The fourth-order valence-corrected chi connectivity index (χ4v) is 2.19. The Balaban J connectivity index is 1.50. The number of aromatic nitrogens is 4. The molecule has 8 nitrogen and oxygen atoms in total. The maximum absolute atomic E-state index is 11.6. The van der Waals surface area contributed by atoms with Crippen LogP contribution in [0.1, 0.15) is 17.3 Å². The van der Waals surface area contributed by atoms with Gasteiger partial charge in [-0.15, -0.1) is 0 Å². The number of nitrogens with one attached hydrogen (secondary N) is 2. The molecule has 0 unspecified atom stereocenters. The third kappa shape index (κ3) is 3.60. The van der Waals surface area contributed by atoms with E-state index in [2.05, 4.69) is 25.6 Å². The molecule has 124 valence electrons. The van der Waals surface area contributed by atoms with Gasteiger partial charge in [-0.05, 0) is 25.1 Å². The molecule has 0 fully saturated rings. The molecule has 0 atom stereocenters. The SMILES string of the molecule is CCOC(=O)c1ccc(NCCNc2ccnc3nccn23)nc1. The van der Waals surface area contributed by atoms with Crippen LogP contribution in [0, 0.1) is 0 Å². The Bertz CT molecular complexity index is 815. The van der Waals surface area contributed by atoms with Gasteiger partial charge in [0.2, 0.25) is 5.78 Å². The minimum Gasteiger partial charge on any atom is -0.462 e. The third-order valence-electron chi connectivity index (χ3n) is 3.32. The van der Waals surface area contributed by atoms with E-state index in [0.717, 1.165) is 5.82 Å². The van der Waals surface area contributed by atoms with E-state index in [1.165, 1.54) is 6.20 Å². The lowest BCUT2D eigenvalue weighted by atomic mass is 10.3. The number of esters is 1. The lowest BCUT2D eigenvalue weighted by molar-refractivity contribution is 0.0526. The Kier molecular flexibility index (Phi) is 4.85. The van der Waals surface area contributed by atoms with Crippen molar-refractivity contribution in [3.8, 4) is 0 Å². The lowest BCUT2D eigenvalue weighted by Gasteiger charge is -2.10. The zero-order valence-electron chi connectivity index (χ0n) is 13.3. The molecule has 0 saturated heterocycles. The van der Waals surface area contributed by atoms with Gasteiger partial charge in [-0.3, -0.25) is 4.40 Å². The van der Waals surface area contributed by atoms with Gasteiger partial charge in [-0.2, -0.15) is 0 Å². The molecule has 0 spiro atoms. The third-order valence-corrected chi connectivity index (χ3v) is 3.32. The molecule has 2 N–H and O–H groups in total. The van der Waals surface area contributed by atoms with E-state index >= 15 is 0 Å². The van der Waals surface area contributed by atoms with Crippen molar-refractivity contribution in [2.75, 3.05) is 30.3 Å². The minimum atomic E-state index is -0.361. The van der Waals surface area contributed by atoms with Crippen LogP contribution in [0.5, 0.6) is 0 Å². The molecule has 0 amide bonds. The average molecular weight is 326 g/mol. The topological polar surface area (TPSA) is 93.4 Å². The first kappa shape index (κ1) is 15.7. The number of pyridine rings is 1. The highest BCUT2D eigenvalue weighted by atomic mass is 16.5. The van der Waals surface area contributed by atoms with Gasteiger partial charge in [0.05, 0.1) is 12.2 Å². The van der Waals surface area contributed by atoms with Crippen molar-refractivity contribution in [1.29, 1.82) is 0 Å². The summed E-state index contributed by atoms with van der Waals surface area (Å²) in [6.45, 7) is 3.49. The van der Waals surface area contributed by atoms with Crippen LogP contribution >= 0.6 is 0 Å². The summed E-state index contributed by atoms with van der Waals surface area (Å²) in [6.07, 6.45) is 6.79. The van der Waals surface area contributed by atoms with Gasteiger partial charge in [0.1, 0.15) is 11.6 Å². The molecule has 0 aliphatic carbocycles. The number of ether oxygens (including phenoxy) is 1. The van der Waals surface area contributed by atoms with E-state index in [4.69, 9.17) is 4.74 Å². The molecule has 8 heteroatoms. The highest BCUT2D eigenvalue weighted by Crippen LogP contribution is 2.09. The van der Waals surface area contributed by atoms with E-state index < -0.39 is 0 Å². The van der Waals surface area contributed by atoms with Crippen molar-refractivity contribution in [3.63, 3.8) is 0 Å². The minimum absolute atomic E-state index is 0.351. The van der Waals surface area contributed by atoms with Crippen LogP contribution in [0.15, 0.2) is 43.0 Å². The molecule has 3 aromatic heterocycles. The van der Waals surface area contributed by atoms with Gasteiger partial charge in [0.15, 0.2) is 0 Å². The molecule has 0 bridgehead atoms. The average Bonchev–Trinajstić information content (AvgIpc) is 3.09. The van der Waals surface area contributed by atoms with Crippen LogP contribution in [0.3, 0.4) is 0 Å². The first-order valence-electron chi connectivity index (χ1n) is 7.67. The second kappa shape index (κ2) is 7.40. The number of hydrogen-bond donors (Lipinski definition) is 2. The predicted molar refractivity (Wildman–Crippen MR) is 90.2 cm³/mol. The predicted octanol–water partition coefficient (Wildman–Crippen LogP) is 1.82. The van der Waals surface area contributed by atoms with E-state index in [0.29, 0.717) is 36.9 Å². The molecule has 0 aliphatic rings. The molecular weight excluding hydrogens is 308 g/mol. The molecular formula is C16H18N6O2. The summed E-state index contributed by atoms with van der Waals surface area (Å²) >= 11 is 0. The maximum Gasteiger partial charge on any atom is 0.339 e. The summed E-state index contributed by atoms with van der Waals surface area (Å²) < 4.78 is 6.80. The number of fused-ring (bicyclic) bond motifs is 1. The largest absolute Gasteiger partial charge is 0.462 e. The Hall–Kier alpha value is -3.16. The zero-order valence-corrected chi connectivity index (χ0v) is 13.3. The number of carbonyl (C=O) groups excluding carboxylic acids is 1. The van der Waals surface area contributed by atoms with Crippen LogP contribution in [0.25, 0.3) is 5.78 Å². The second-order valence-corrected chi connectivity index (χ2v) is 4.93. The Morgan fingerprint density at radius 1 is 1.12 bits per heavy atom. The monoisotopic (exact) mass is 326 g/mol. The highest BCUT2D eigenvalue weighted by Gasteiger charge is 2.06. The first-order valence-corrected chi connectivity index (χ1v) is 7.67. The number of nitrogens with zero attached hydrogens (tertiary/aromatic N) is 4. The van der Waals surface area contributed by atoms with E-state index in [1.54, 1.807) is 31.5 Å². The molecule has 0 aliphatic heterocycles. The van der Waals surface area contributed by atoms with Gasteiger partial charge in [-0.25, -0.2) is 19.7 Å². The van der Waals surface area contributed by atoms with Gasteiger partial charge in [0, 0.05) is 37.9 Å². The van der Waals surface area contributed by atoms with E-state index in [1.807, 2.05) is 16.7 Å². The van der Waals surface area contributed by atoms with Crippen LogP contribution in [0.4, 0.5) is 11.6 Å². The second-order valence-electron chi connectivity index (χ2n) is 4.93. The van der Waals surface area contributed by atoms with Crippen LogP contribution in [0.2, 0.25) is 0 Å². The van der Waals surface area contributed by atoms with Crippen molar-refractivity contribution in [3.05, 3.63) is 48.5 Å². The number of anilines is 2. The quantitative estimate of drug-likeness (QED) is 0.505. The first-order chi connectivity index (χ1) is 11.8. The number of rotatable bonds is 7. The Labute approximate surface area is 138 Å². The van der Waals surface area contributed by atoms with Gasteiger partial charge >= 0.3 is 5.97 Å². The molecule has 0 saturated carbocycles. The smallest absolute Gasteiger partial charge is 0.339 e. The fraction of sp³-hybridized carbons (Fsp3) is 0.250. The lowest BCUT2D eigenvalue weighted by Crippen LogP contribution is -2.16. The Morgan fingerprint density at radius 2 is 1.96 bits per heavy atom. The molecule has 3 heterocycles. The van der Waals surface area contributed by atoms with Crippen molar-refractivity contribution in [2.24, 2.45) is 0 Å². The summed E-state index contributed by atoms with van der Waals surface area (Å²) in [7, 11) is 0. The molecule has 0 radical (unpaired) electrons. The summed E-state index contributed by atoms with van der Waals surface area (Å²) in [6, 6.07) is 5.34. The molecule has 3 aromatic rings. The van der Waals surface area contributed by atoms with Gasteiger partial charge in [0.25, 0.3) is 0 Å². The normalized spacial score (nSPS) is 10.5. The number of carbonyl (C=O) groups is 1. The molecule has 0 aromatic carbocycles. The van der Waals surface area contributed by atoms with Gasteiger partial charge < -0.3 is 15.4 Å². The van der Waals surface area contributed by atoms with E-state index in [9.17, 15) is 4.79 Å². The summed E-state index contributed by atoms with van der Waals surface area (Å²) in [5.74, 6) is 1.92. The summed E-state index contributed by atoms with van der Waals surface area (Å²) in [5, 5.41) is 6.50. The standard InChI is InChI=1S/C16H18N6O2/c1-2-24-15(23)12-3-4-13(21-11-12)17-7-8-18-14-5-6-19-16-20-9-10-22(14)16/h3-6,9-11,18H,2,7-8H2,1H3,(H,17,21). The van der Waals surface area contributed by atoms with Crippen molar-refractivity contribution < 1.29 is 9.53 Å². The van der Waals surface area contributed by atoms with Crippen molar-refractivity contribution in [2.45, 2.75) is 6.92 Å². The zero-order chi connectivity index (χ0) is 16.8. The summed E-state index contributed by atoms with van der Waals surface area (Å²) in [5.41, 5.74) is 0.444. The van der Waals surface area contributed by atoms with Gasteiger partial charge in [-0.1, -0.05) is 0 Å². The molecule has 3 rings (SSSR count). The fourth-order valence-electron chi connectivity index (χ4n) is 2.19. The van der Waals surface area contributed by atoms with Crippen LogP contribution in [-0.4, -0.2) is 45.0 Å². The van der Waals surface area contributed by atoms with Crippen LogP contribution < -0.4 is 10.6 Å². The number of hydrogen-bond acceptors (Lipinski definition) is 7. The van der Waals surface area contributed by atoms with Crippen molar-refractivity contribution in [1.82, 2.24) is 19.4 Å². The maximum atomic E-state index is 11.6. The van der Waals surface area contributed by atoms with E-state index in [-0.39, 0.29) is 5.97 Å².